The molecule has 3 rings (SSSR count). The number of benzene rings is 1. The third-order valence-corrected chi connectivity index (χ3v) is 4.75. The summed E-state index contributed by atoms with van der Waals surface area (Å²) >= 11 is 7.43. The first-order chi connectivity index (χ1) is 11.5. The molecule has 0 saturated heterocycles. The summed E-state index contributed by atoms with van der Waals surface area (Å²) in [6, 6.07) is 7.27. The van der Waals surface area contributed by atoms with Crippen LogP contribution >= 0.6 is 22.9 Å². The third-order valence-electron chi connectivity index (χ3n) is 3.47. The molecule has 0 saturated carbocycles. The second-order valence-corrected chi connectivity index (χ2v) is 6.90. The Labute approximate surface area is 148 Å². The number of aromatic nitrogens is 3. The number of hydrogen-bond acceptors (Lipinski definition) is 3. The van der Waals surface area contributed by atoms with Crippen LogP contribution in [0.5, 0.6) is 0 Å². The highest BCUT2D eigenvalue weighted by atomic mass is 35.5. The van der Waals surface area contributed by atoms with Crippen LogP contribution < -0.4 is 4.80 Å². The van der Waals surface area contributed by atoms with Gasteiger partial charge in [-0.05, 0) is 38.1 Å². The molecule has 24 heavy (non-hydrogen) atoms. The van der Waals surface area contributed by atoms with E-state index in [4.69, 9.17) is 18.0 Å². The molecule has 7 heteroatoms. The summed E-state index contributed by atoms with van der Waals surface area (Å²) in [4.78, 5) is 17.4. The summed E-state index contributed by atoms with van der Waals surface area (Å²) < 4.78 is 4.42. The monoisotopic (exact) mass is 358 g/mol. The predicted molar refractivity (Wildman–Crippen MR) is 96.2 cm³/mol. The van der Waals surface area contributed by atoms with Crippen LogP contribution in [0.3, 0.4) is 0 Å². The number of thiazole rings is 1. The first-order valence-corrected chi connectivity index (χ1v) is 8.55. The van der Waals surface area contributed by atoms with Gasteiger partial charge < -0.3 is 4.57 Å². The van der Waals surface area contributed by atoms with E-state index < -0.39 is 0 Å². The zero-order chi connectivity index (χ0) is 17.3. The highest BCUT2D eigenvalue weighted by Crippen LogP contribution is 2.22. The van der Waals surface area contributed by atoms with E-state index in [-0.39, 0.29) is 11.9 Å². The van der Waals surface area contributed by atoms with Gasteiger partial charge in [-0.2, -0.15) is 10.1 Å². The lowest BCUT2D eigenvalue weighted by atomic mass is 10.3. The van der Waals surface area contributed by atoms with Gasteiger partial charge in [0.2, 0.25) is 0 Å². The molecule has 5 nitrogen and oxygen atoms in total. The van der Waals surface area contributed by atoms with Crippen LogP contribution in [0.1, 0.15) is 30.4 Å². The van der Waals surface area contributed by atoms with Gasteiger partial charge in [-0.15, -0.1) is 6.42 Å². The molecule has 122 valence electrons. The predicted octanol–water partition coefficient (Wildman–Crippen LogP) is 3.51. The minimum absolute atomic E-state index is 0.0770. The number of hydrogen-bond donors (Lipinski definition) is 0. The summed E-state index contributed by atoms with van der Waals surface area (Å²) in [5.74, 6) is 2.26. The largest absolute Gasteiger partial charge is 0.305 e. The van der Waals surface area contributed by atoms with Crippen LogP contribution in [0, 0.1) is 12.3 Å². The lowest BCUT2D eigenvalue weighted by molar-refractivity contribution is 0.0986. The standard InChI is InChI=1S/C17H15ClN4OS/c1-4-9-21-13-6-5-12(18)10-15(13)24-17(21)20-16(23)14-7-8-19-22(14)11(2)3/h1,5-8,10-11H,9H2,2-3H3. The fourth-order valence-electron chi connectivity index (χ4n) is 2.42. The summed E-state index contributed by atoms with van der Waals surface area (Å²) in [5, 5.41) is 4.81. The fourth-order valence-corrected chi connectivity index (χ4v) is 3.72. The maximum absolute atomic E-state index is 12.6. The average molecular weight is 359 g/mol. The van der Waals surface area contributed by atoms with E-state index in [1.807, 2.05) is 30.5 Å². The number of nitrogens with zero attached hydrogens (tertiary/aromatic N) is 4. The van der Waals surface area contributed by atoms with Crippen LogP contribution in [0.4, 0.5) is 0 Å². The highest BCUT2D eigenvalue weighted by molar-refractivity contribution is 7.16. The number of fused-ring (bicyclic) bond motifs is 1. The Balaban J connectivity index is 2.15. The maximum Gasteiger partial charge on any atom is 0.297 e. The van der Waals surface area contributed by atoms with Crippen molar-refractivity contribution < 1.29 is 4.79 Å². The molecule has 0 spiro atoms. The van der Waals surface area contributed by atoms with Gasteiger partial charge in [0.15, 0.2) is 4.80 Å². The molecule has 0 radical (unpaired) electrons. The van der Waals surface area contributed by atoms with E-state index in [1.165, 1.54) is 11.3 Å². The summed E-state index contributed by atoms with van der Waals surface area (Å²) in [6.07, 6.45) is 7.07. The second kappa shape index (κ2) is 6.63. The molecule has 0 aliphatic carbocycles. The van der Waals surface area contributed by atoms with Crippen LogP contribution in [-0.2, 0) is 6.54 Å². The van der Waals surface area contributed by atoms with Gasteiger partial charge in [0.05, 0.1) is 16.8 Å². The molecule has 0 unspecified atom stereocenters. The molecular weight excluding hydrogens is 344 g/mol. The topological polar surface area (TPSA) is 52.2 Å². The Morgan fingerprint density at radius 1 is 1.46 bits per heavy atom. The van der Waals surface area contributed by atoms with Gasteiger partial charge in [-0.25, -0.2) is 0 Å². The van der Waals surface area contributed by atoms with Crippen LogP contribution in [-0.4, -0.2) is 20.3 Å². The van der Waals surface area contributed by atoms with Crippen molar-refractivity contribution in [1.29, 1.82) is 0 Å². The lowest BCUT2D eigenvalue weighted by Gasteiger charge is -2.07. The third kappa shape index (κ3) is 3.01. The number of carbonyl (C=O) groups is 1. The zero-order valence-electron chi connectivity index (χ0n) is 13.2. The van der Waals surface area contributed by atoms with Gasteiger partial charge in [0, 0.05) is 17.3 Å². The first-order valence-electron chi connectivity index (χ1n) is 7.36. The minimum atomic E-state index is -0.343. The van der Waals surface area contributed by atoms with Gasteiger partial charge in [0.1, 0.15) is 5.69 Å². The molecule has 0 aliphatic heterocycles. The van der Waals surface area contributed by atoms with Crippen molar-refractivity contribution >= 4 is 39.1 Å². The molecule has 0 bridgehead atoms. The van der Waals surface area contributed by atoms with E-state index in [0.29, 0.717) is 22.1 Å². The fraction of sp³-hybridized carbons (Fsp3) is 0.235. The maximum atomic E-state index is 12.6. The smallest absolute Gasteiger partial charge is 0.297 e. The van der Waals surface area contributed by atoms with E-state index in [2.05, 4.69) is 16.0 Å². The molecule has 0 atom stereocenters. The Morgan fingerprint density at radius 2 is 2.25 bits per heavy atom. The Hall–Kier alpha value is -2.36. The Bertz CT molecular complexity index is 1020. The average Bonchev–Trinajstić information content (AvgIpc) is 3.13. The number of rotatable bonds is 3. The molecular formula is C17H15ClN4OS. The lowest BCUT2D eigenvalue weighted by Crippen LogP contribution is -2.18. The molecule has 1 amide bonds. The zero-order valence-corrected chi connectivity index (χ0v) is 14.8. The quantitative estimate of drug-likeness (QED) is 0.673. The number of terminal acetylenes is 1. The normalized spacial score (nSPS) is 12.0. The van der Waals surface area contributed by atoms with Crippen molar-refractivity contribution in [2.24, 2.45) is 4.99 Å². The molecule has 2 aromatic heterocycles. The molecule has 2 heterocycles. The Kier molecular flexibility index (Phi) is 4.56. The number of carbonyl (C=O) groups excluding carboxylic acids is 1. The molecule has 0 fully saturated rings. The van der Waals surface area contributed by atoms with Crippen molar-refractivity contribution in [3.8, 4) is 12.3 Å². The van der Waals surface area contributed by atoms with Gasteiger partial charge in [0.25, 0.3) is 5.91 Å². The molecule has 3 aromatic rings. The van der Waals surface area contributed by atoms with Crippen molar-refractivity contribution in [2.75, 3.05) is 0 Å². The van der Waals surface area contributed by atoms with Gasteiger partial charge >= 0.3 is 0 Å². The molecule has 0 N–H and O–H groups in total. The van der Waals surface area contributed by atoms with Crippen molar-refractivity contribution in [1.82, 2.24) is 14.3 Å². The summed E-state index contributed by atoms with van der Waals surface area (Å²) in [6.45, 7) is 4.25. The Morgan fingerprint density at radius 3 is 2.96 bits per heavy atom. The SMILES string of the molecule is C#CCn1c(=NC(=O)c2ccnn2C(C)C)sc2cc(Cl)ccc21. The van der Waals surface area contributed by atoms with Gasteiger partial charge in [-0.3, -0.25) is 9.48 Å². The summed E-state index contributed by atoms with van der Waals surface area (Å²) in [5.41, 5.74) is 1.36. The van der Waals surface area contributed by atoms with Gasteiger partial charge in [-0.1, -0.05) is 28.9 Å². The second-order valence-electron chi connectivity index (χ2n) is 5.46. The van der Waals surface area contributed by atoms with E-state index in [9.17, 15) is 4.79 Å². The highest BCUT2D eigenvalue weighted by Gasteiger charge is 2.14. The van der Waals surface area contributed by atoms with Crippen LogP contribution in [0.2, 0.25) is 5.02 Å². The van der Waals surface area contributed by atoms with Crippen LogP contribution in [0.25, 0.3) is 10.2 Å². The van der Waals surface area contributed by atoms with E-state index >= 15 is 0 Å². The van der Waals surface area contributed by atoms with Crippen molar-refractivity contribution in [3.05, 3.63) is 46.0 Å². The van der Waals surface area contributed by atoms with Crippen molar-refractivity contribution in [3.63, 3.8) is 0 Å². The minimum Gasteiger partial charge on any atom is -0.305 e. The first kappa shape index (κ1) is 16.5. The molecule has 1 aromatic carbocycles. The number of halogens is 1. The van der Waals surface area contributed by atoms with E-state index in [1.54, 1.807) is 23.0 Å². The van der Waals surface area contributed by atoms with Crippen molar-refractivity contribution in [2.45, 2.75) is 26.4 Å². The van der Waals surface area contributed by atoms with E-state index in [0.717, 1.165) is 10.2 Å². The van der Waals surface area contributed by atoms with Crippen LogP contribution in [0.15, 0.2) is 35.5 Å². The summed E-state index contributed by atoms with van der Waals surface area (Å²) in [7, 11) is 0. The number of amides is 1. The molecule has 0 aliphatic rings.